The number of hydrogen-bond donors (Lipinski definition) is 1. The van der Waals surface area contributed by atoms with E-state index in [9.17, 15) is 14.9 Å². The molecule has 8 nitrogen and oxygen atoms in total. The van der Waals surface area contributed by atoms with Gasteiger partial charge < -0.3 is 9.88 Å². The van der Waals surface area contributed by atoms with Crippen molar-refractivity contribution in [1.29, 1.82) is 0 Å². The van der Waals surface area contributed by atoms with E-state index in [0.29, 0.717) is 23.3 Å². The van der Waals surface area contributed by atoms with Crippen molar-refractivity contribution in [2.24, 2.45) is 0 Å². The number of carbonyl (C=O) groups is 1. The first-order valence-electron chi connectivity index (χ1n) is 8.36. The van der Waals surface area contributed by atoms with Crippen molar-refractivity contribution in [3.63, 3.8) is 0 Å². The Morgan fingerprint density at radius 3 is 2.89 bits per heavy atom. The highest BCUT2D eigenvalue weighted by molar-refractivity contribution is 8.00. The molecule has 0 aliphatic heterocycles. The van der Waals surface area contributed by atoms with E-state index in [-0.39, 0.29) is 16.6 Å². The molecule has 27 heavy (non-hydrogen) atoms. The molecule has 0 saturated heterocycles. The Morgan fingerprint density at radius 1 is 1.56 bits per heavy atom. The molecular formula is C17H18ClN5O3S. The Balaban J connectivity index is 1.69. The molecule has 0 spiro atoms. The molecule has 0 bridgehead atoms. The number of nitro benzene ring substituents is 1. The van der Waals surface area contributed by atoms with Crippen LogP contribution in [0.3, 0.4) is 0 Å². The Bertz CT molecular complexity index is 897. The maximum absolute atomic E-state index is 12.5. The summed E-state index contributed by atoms with van der Waals surface area (Å²) in [7, 11) is 0. The molecule has 1 N–H and O–H groups in total. The van der Waals surface area contributed by atoms with Crippen LogP contribution in [-0.2, 0) is 11.3 Å². The Morgan fingerprint density at radius 2 is 2.30 bits per heavy atom. The first-order valence-corrected chi connectivity index (χ1v) is 9.62. The number of anilines is 1. The monoisotopic (exact) mass is 407 g/mol. The van der Waals surface area contributed by atoms with Gasteiger partial charge in [-0.1, -0.05) is 29.4 Å². The predicted molar refractivity (Wildman–Crippen MR) is 104 cm³/mol. The van der Waals surface area contributed by atoms with E-state index < -0.39 is 10.2 Å². The zero-order valence-corrected chi connectivity index (χ0v) is 16.2. The van der Waals surface area contributed by atoms with Gasteiger partial charge in [-0.05, 0) is 25.8 Å². The second-order valence-corrected chi connectivity index (χ2v) is 7.90. The molecule has 1 unspecified atom stereocenters. The second kappa shape index (κ2) is 8.10. The van der Waals surface area contributed by atoms with Crippen LogP contribution in [0, 0.1) is 10.1 Å². The third kappa shape index (κ3) is 4.48. The van der Waals surface area contributed by atoms with E-state index in [0.717, 1.165) is 18.7 Å². The number of thioether (sulfide) groups is 1. The molecule has 1 aromatic heterocycles. The number of non-ortho nitro benzene ring substituents is 1. The third-order valence-corrected chi connectivity index (χ3v) is 5.47. The van der Waals surface area contributed by atoms with Gasteiger partial charge in [0.05, 0.1) is 20.9 Å². The van der Waals surface area contributed by atoms with E-state index in [4.69, 9.17) is 11.6 Å². The van der Waals surface area contributed by atoms with Gasteiger partial charge >= 0.3 is 0 Å². The van der Waals surface area contributed by atoms with Gasteiger partial charge in [0.1, 0.15) is 5.82 Å². The van der Waals surface area contributed by atoms with Crippen LogP contribution in [0.25, 0.3) is 0 Å². The normalized spacial score (nSPS) is 14.6. The Kier molecular flexibility index (Phi) is 5.81. The molecule has 1 aliphatic carbocycles. The van der Waals surface area contributed by atoms with Crippen LogP contribution in [0.5, 0.6) is 0 Å². The number of amides is 1. The van der Waals surface area contributed by atoms with E-state index in [1.54, 1.807) is 13.0 Å². The van der Waals surface area contributed by atoms with Crippen molar-refractivity contribution >= 4 is 40.6 Å². The van der Waals surface area contributed by atoms with Crippen LogP contribution in [0.1, 0.15) is 31.5 Å². The number of rotatable bonds is 8. The van der Waals surface area contributed by atoms with Gasteiger partial charge in [-0.15, -0.1) is 16.8 Å². The van der Waals surface area contributed by atoms with Gasteiger partial charge in [0.15, 0.2) is 5.16 Å². The minimum absolute atomic E-state index is 0.112. The van der Waals surface area contributed by atoms with Crippen molar-refractivity contribution in [2.75, 3.05) is 5.32 Å². The molecule has 1 aromatic carbocycles. The minimum atomic E-state index is -0.542. The molecule has 1 amide bonds. The Hall–Kier alpha value is -2.39. The van der Waals surface area contributed by atoms with Gasteiger partial charge in [0.25, 0.3) is 5.69 Å². The summed E-state index contributed by atoms with van der Waals surface area (Å²) in [5, 5.41) is 22.3. The second-order valence-electron chi connectivity index (χ2n) is 6.18. The zero-order chi connectivity index (χ0) is 19.6. The first-order chi connectivity index (χ1) is 12.9. The van der Waals surface area contributed by atoms with Crippen LogP contribution >= 0.6 is 23.4 Å². The standard InChI is InChI=1S/C17H18ClN5O3S/c1-3-8-22-15(11-4-5-11)20-21-17(22)27-10(2)16(24)19-14-7-6-12(23(25)26)9-13(14)18/h3,6-7,9-11H,1,4-5,8H2,2H3,(H,19,24). The van der Waals surface area contributed by atoms with Gasteiger partial charge in [0.2, 0.25) is 5.91 Å². The van der Waals surface area contributed by atoms with Crippen LogP contribution in [0.2, 0.25) is 5.02 Å². The summed E-state index contributed by atoms with van der Waals surface area (Å²) < 4.78 is 1.98. The minimum Gasteiger partial charge on any atom is -0.324 e. The average molecular weight is 408 g/mol. The number of halogens is 1. The van der Waals surface area contributed by atoms with E-state index >= 15 is 0 Å². The van der Waals surface area contributed by atoms with Gasteiger partial charge in [-0.3, -0.25) is 14.9 Å². The van der Waals surface area contributed by atoms with E-state index in [2.05, 4.69) is 22.1 Å². The van der Waals surface area contributed by atoms with Crippen LogP contribution in [-0.4, -0.2) is 30.8 Å². The molecule has 1 saturated carbocycles. The Labute approximate surface area is 165 Å². The van der Waals surface area contributed by atoms with Crippen molar-refractivity contribution in [3.8, 4) is 0 Å². The van der Waals surface area contributed by atoms with Crippen LogP contribution in [0.15, 0.2) is 36.0 Å². The summed E-state index contributed by atoms with van der Waals surface area (Å²) in [6.45, 7) is 6.11. The number of benzene rings is 1. The maximum Gasteiger partial charge on any atom is 0.271 e. The number of carbonyl (C=O) groups excluding carboxylic acids is 1. The summed E-state index contributed by atoms with van der Waals surface area (Å²) in [5.74, 6) is 1.09. The highest BCUT2D eigenvalue weighted by Crippen LogP contribution is 2.40. The molecule has 2 aromatic rings. The lowest BCUT2D eigenvalue weighted by Crippen LogP contribution is -2.23. The van der Waals surface area contributed by atoms with Gasteiger partial charge in [-0.2, -0.15) is 0 Å². The lowest BCUT2D eigenvalue weighted by molar-refractivity contribution is -0.384. The fraction of sp³-hybridized carbons (Fsp3) is 0.353. The highest BCUT2D eigenvalue weighted by Gasteiger charge is 2.31. The topological polar surface area (TPSA) is 103 Å². The van der Waals surface area contributed by atoms with Gasteiger partial charge in [0, 0.05) is 24.6 Å². The van der Waals surface area contributed by atoms with Crippen molar-refractivity contribution in [1.82, 2.24) is 14.8 Å². The smallest absolute Gasteiger partial charge is 0.271 e. The SMILES string of the molecule is C=CCn1c(SC(C)C(=O)Nc2ccc([N+](=O)[O-])cc2Cl)nnc1C1CC1. The molecule has 1 aliphatic rings. The highest BCUT2D eigenvalue weighted by atomic mass is 35.5. The van der Waals surface area contributed by atoms with Crippen molar-refractivity contribution in [2.45, 2.75) is 42.6 Å². The van der Waals surface area contributed by atoms with Gasteiger partial charge in [-0.25, -0.2) is 0 Å². The molecule has 1 heterocycles. The summed E-state index contributed by atoms with van der Waals surface area (Å²) >= 11 is 7.33. The molecule has 1 atom stereocenters. The number of allylic oxidation sites excluding steroid dienone is 1. The average Bonchev–Trinajstić information content (AvgIpc) is 3.40. The van der Waals surface area contributed by atoms with Crippen LogP contribution in [0.4, 0.5) is 11.4 Å². The molecule has 0 radical (unpaired) electrons. The molecule has 3 rings (SSSR count). The molecule has 10 heteroatoms. The summed E-state index contributed by atoms with van der Waals surface area (Å²) in [5.41, 5.74) is 0.191. The third-order valence-electron chi connectivity index (χ3n) is 4.07. The zero-order valence-electron chi connectivity index (χ0n) is 14.6. The fourth-order valence-electron chi connectivity index (χ4n) is 2.50. The number of nitro groups is 1. The molecule has 1 fully saturated rings. The lowest BCUT2D eigenvalue weighted by Gasteiger charge is -2.13. The van der Waals surface area contributed by atoms with Crippen molar-refractivity contribution in [3.05, 3.63) is 51.8 Å². The molecule has 142 valence electrons. The van der Waals surface area contributed by atoms with Crippen molar-refractivity contribution < 1.29 is 9.72 Å². The quantitative estimate of drug-likeness (QED) is 0.307. The summed E-state index contributed by atoms with van der Waals surface area (Å²) in [6, 6.07) is 3.92. The summed E-state index contributed by atoms with van der Waals surface area (Å²) in [4.78, 5) is 22.7. The summed E-state index contributed by atoms with van der Waals surface area (Å²) in [6.07, 6.45) is 3.99. The van der Waals surface area contributed by atoms with E-state index in [1.165, 1.54) is 30.0 Å². The number of hydrogen-bond acceptors (Lipinski definition) is 6. The number of aromatic nitrogens is 3. The number of nitrogens with one attached hydrogen (secondary N) is 1. The largest absolute Gasteiger partial charge is 0.324 e. The number of nitrogens with zero attached hydrogens (tertiary/aromatic N) is 4. The van der Waals surface area contributed by atoms with E-state index in [1.807, 2.05) is 4.57 Å². The fourth-order valence-corrected chi connectivity index (χ4v) is 3.58. The maximum atomic E-state index is 12.5. The lowest BCUT2D eigenvalue weighted by atomic mass is 10.2. The first kappa shape index (κ1) is 19.4. The predicted octanol–water partition coefficient (Wildman–Crippen LogP) is 4.02. The van der Waals surface area contributed by atoms with Crippen LogP contribution < -0.4 is 5.32 Å². The molecular weight excluding hydrogens is 390 g/mol.